The van der Waals surface area contributed by atoms with E-state index in [0.29, 0.717) is 6.42 Å². The highest BCUT2D eigenvalue weighted by Crippen LogP contribution is 2.31. The highest BCUT2D eigenvalue weighted by Gasteiger charge is 2.33. The van der Waals surface area contributed by atoms with Crippen LogP contribution >= 0.6 is 0 Å². The summed E-state index contributed by atoms with van der Waals surface area (Å²) in [5.41, 5.74) is 1.83. The maximum absolute atomic E-state index is 11.8. The summed E-state index contributed by atoms with van der Waals surface area (Å²) >= 11 is 0. The summed E-state index contributed by atoms with van der Waals surface area (Å²) in [5, 5.41) is 9.95. The first-order chi connectivity index (χ1) is 8.39. The van der Waals surface area contributed by atoms with Gasteiger partial charge < -0.3 is 5.11 Å². The van der Waals surface area contributed by atoms with Gasteiger partial charge in [0.15, 0.2) is 0 Å². The fourth-order valence-corrected chi connectivity index (χ4v) is 3.53. The predicted octanol–water partition coefficient (Wildman–Crippen LogP) is 0.477. The van der Waals surface area contributed by atoms with Gasteiger partial charge in [0.25, 0.3) is 10.2 Å². The zero-order valence-corrected chi connectivity index (χ0v) is 11.2. The van der Waals surface area contributed by atoms with Crippen molar-refractivity contribution in [1.29, 1.82) is 0 Å². The molecule has 0 saturated heterocycles. The van der Waals surface area contributed by atoms with Crippen molar-refractivity contribution in [1.82, 2.24) is 9.44 Å². The molecular formula is C12H18N2O3S. The average Bonchev–Trinajstić information content (AvgIpc) is 2.53. The molecule has 2 rings (SSSR count). The summed E-state index contributed by atoms with van der Waals surface area (Å²) in [6.07, 6.45) is -0.239. The SMILES string of the molecule is CC(C)NS(=O)(=O)N[C@@H]1c2ccccc2C[C@@H]1O. The van der Waals surface area contributed by atoms with Crippen LogP contribution in [0.3, 0.4) is 0 Å². The number of fused-ring (bicyclic) bond motifs is 1. The molecule has 1 aromatic carbocycles. The normalized spacial score (nSPS) is 23.3. The van der Waals surface area contributed by atoms with Gasteiger partial charge in [-0.1, -0.05) is 24.3 Å². The van der Waals surface area contributed by atoms with Crippen LogP contribution in [0.15, 0.2) is 24.3 Å². The lowest BCUT2D eigenvalue weighted by molar-refractivity contribution is 0.151. The standard InChI is InChI=1S/C12H18N2O3S/c1-8(2)13-18(16,17)14-12-10-6-4-3-5-9(10)7-11(12)15/h3-6,8,11-15H,7H2,1-2H3/t11-,12+/m0/s1. The van der Waals surface area contributed by atoms with E-state index in [4.69, 9.17) is 0 Å². The van der Waals surface area contributed by atoms with Gasteiger partial charge in [-0.25, -0.2) is 0 Å². The third kappa shape index (κ3) is 2.89. The molecule has 0 aliphatic heterocycles. The monoisotopic (exact) mass is 270 g/mol. The van der Waals surface area contributed by atoms with E-state index >= 15 is 0 Å². The van der Waals surface area contributed by atoms with Gasteiger partial charge in [-0.2, -0.15) is 17.9 Å². The Morgan fingerprint density at radius 3 is 2.67 bits per heavy atom. The van der Waals surface area contributed by atoms with Gasteiger partial charge in [0.1, 0.15) is 0 Å². The van der Waals surface area contributed by atoms with E-state index in [2.05, 4.69) is 9.44 Å². The van der Waals surface area contributed by atoms with E-state index in [0.717, 1.165) is 11.1 Å². The van der Waals surface area contributed by atoms with E-state index in [-0.39, 0.29) is 6.04 Å². The maximum Gasteiger partial charge on any atom is 0.277 e. The van der Waals surface area contributed by atoms with Crippen LogP contribution in [-0.4, -0.2) is 25.7 Å². The number of rotatable bonds is 4. The zero-order valence-electron chi connectivity index (χ0n) is 10.4. The largest absolute Gasteiger partial charge is 0.391 e. The summed E-state index contributed by atoms with van der Waals surface area (Å²) in [6, 6.07) is 6.72. The molecular weight excluding hydrogens is 252 g/mol. The van der Waals surface area contributed by atoms with Crippen molar-refractivity contribution in [2.24, 2.45) is 0 Å². The first-order valence-electron chi connectivity index (χ1n) is 5.94. The van der Waals surface area contributed by atoms with Gasteiger partial charge in [0, 0.05) is 12.5 Å². The Labute approximate surface area is 107 Å². The fraction of sp³-hybridized carbons (Fsp3) is 0.500. The Morgan fingerprint density at radius 1 is 1.33 bits per heavy atom. The summed E-state index contributed by atoms with van der Waals surface area (Å²) in [6.45, 7) is 3.50. The number of aliphatic hydroxyl groups excluding tert-OH is 1. The molecule has 0 amide bonds. The van der Waals surface area contributed by atoms with Gasteiger partial charge in [-0.05, 0) is 25.0 Å². The lowest BCUT2D eigenvalue weighted by Gasteiger charge is -2.19. The third-order valence-corrected chi connectivity index (χ3v) is 4.22. The summed E-state index contributed by atoms with van der Waals surface area (Å²) < 4.78 is 28.6. The minimum atomic E-state index is -3.60. The predicted molar refractivity (Wildman–Crippen MR) is 69.2 cm³/mol. The second-order valence-electron chi connectivity index (χ2n) is 4.84. The van der Waals surface area contributed by atoms with Crippen molar-refractivity contribution in [3.63, 3.8) is 0 Å². The first kappa shape index (κ1) is 13.5. The lowest BCUT2D eigenvalue weighted by Crippen LogP contribution is -2.44. The third-order valence-electron chi connectivity index (χ3n) is 2.88. The van der Waals surface area contributed by atoms with Crippen molar-refractivity contribution >= 4 is 10.2 Å². The number of nitrogens with one attached hydrogen (secondary N) is 2. The summed E-state index contributed by atoms with van der Waals surface area (Å²) in [5.74, 6) is 0. The van der Waals surface area contributed by atoms with E-state index in [1.54, 1.807) is 13.8 Å². The number of benzene rings is 1. The zero-order chi connectivity index (χ0) is 13.3. The Bertz CT molecular complexity index is 528. The quantitative estimate of drug-likeness (QED) is 0.744. The number of aliphatic hydroxyl groups is 1. The molecule has 0 radical (unpaired) electrons. The van der Waals surface area contributed by atoms with Crippen LogP contribution in [0.2, 0.25) is 0 Å². The molecule has 1 aliphatic carbocycles. The van der Waals surface area contributed by atoms with Gasteiger partial charge >= 0.3 is 0 Å². The molecule has 0 unspecified atom stereocenters. The van der Waals surface area contributed by atoms with E-state index in [9.17, 15) is 13.5 Å². The van der Waals surface area contributed by atoms with Crippen molar-refractivity contribution in [2.75, 3.05) is 0 Å². The van der Waals surface area contributed by atoms with E-state index < -0.39 is 22.4 Å². The van der Waals surface area contributed by atoms with Crippen LogP contribution in [0.1, 0.15) is 31.0 Å². The van der Waals surface area contributed by atoms with Crippen molar-refractivity contribution in [2.45, 2.75) is 38.5 Å². The molecule has 100 valence electrons. The van der Waals surface area contributed by atoms with E-state index in [1.165, 1.54) is 0 Å². The highest BCUT2D eigenvalue weighted by molar-refractivity contribution is 7.87. The molecule has 2 atom stereocenters. The van der Waals surface area contributed by atoms with Gasteiger partial charge in [-0.3, -0.25) is 0 Å². The summed E-state index contributed by atoms with van der Waals surface area (Å²) in [4.78, 5) is 0. The Morgan fingerprint density at radius 2 is 2.00 bits per heavy atom. The molecule has 5 nitrogen and oxygen atoms in total. The van der Waals surface area contributed by atoms with Crippen LogP contribution < -0.4 is 9.44 Å². The molecule has 0 spiro atoms. The van der Waals surface area contributed by atoms with Gasteiger partial charge in [0.2, 0.25) is 0 Å². The maximum atomic E-state index is 11.8. The van der Waals surface area contributed by atoms with Crippen molar-refractivity contribution < 1.29 is 13.5 Å². The molecule has 0 heterocycles. The molecule has 0 fully saturated rings. The molecule has 6 heteroatoms. The van der Waals surface area contributed by atoms with Crippen molar-refractivity contribution in [3.8, 4) is 0 Å². The lowest BCUT2D eigenvalue weighted by atomic mass is 10.1. The molecule has 0 aromatic heterocycles. The Hall–Kier alpha value is -0.950. The van der Waals surface area contributed by atoms with Gasteiger partial charge in [-0.15, -0.1) is 0 Å². The molecule has 1 aliphatic rings. The molecule has 18 heavy (non-hydrogen) atoms. The fourth-order valence-electron chi connectivity index (χ4n) is 2.23. The van der Waals surface area contributed by atoms with Crippen LogP contribution in [0.5, 0.6) is 0 Å². The first-order valence-corrected chi connectivity index (χ1v) is 7.43. The molecule has 0 bridgehead atoms. The van der Waals surface area contributed by atoms with Gasteiger partial charge in [0.05, 0.1) is 12.1 Å². The van der Waals surface area contributed by atoms with E-state index in [1.807, 2.05) is 24.3 Å². The summed E-state index contributed by atoms with van der Waals surface area (Å²) in [7, 11) is -3.60. The Balaban J connectivity index is 2.20. The Kier molecular flexibility index (Phi) is 3.72. The van der Waals surface area contributed by atoms with Crippen LogP contribution in [0.4, 0.5) is 0 Å². The highest BCUT2D eigenvalue weighted by atomic mass is 32.2. The molecule has 3 N–H and O–H groups in total. The second kappa shape index (κ2) is 4.97. The van der Waals surface area contributed by atoms with Crippen LogP contribution in [-0.2, 0) is 16.6 Å². The smallest absolute Gasteiger partial charge is 0.277 e. The molecule has 0 saturated carbocycles. The second-order valence-corrected chi connectivity index (χ2v) is 6.32. The van der Waals surface area contributed by atoms with Crippen molar-refractivity contribution in [3.05, 3.63) is 35.4 Å². The minimum Gasteiger partial charge on any atom is -0.391 e. The van der Waals surface area contributed by atoms with Crippen LogP contribution in [0, 0.1) is 0 Å². The molecule has 1 aromatic rings. The van der Waals surface area contributed by atoms with Crippen LogP contribution in [0.25, 0.3) is 0 Å². The average molecular weight is 270 g/mol. The minimum absolute atomic E-state index is 0.184. The number of hydrogen-bond donors (Lipinski definition) is 3. The number of hydrogen-bond acceptors (Lipinski definition) is 3. The topological polar surface area (TPSA) is 78.4 Å².